The molecule has 3 rings (SSSR count). The van der Waals surface area contributed by atoms with E-state index >= 15 is 0 Å². The lowest BCUT2D eigenvalue weighted by Crippen LogP contribution is -2.14. The molecule has 0 saturated heterocycles. The number of pyridine rings is 1. The largest absolute Gasteiger partial charge is 0.417 e. The number of hydrogen-bond donors (Lipinski definition) is 0. The third-order valence-electron chi connectivity index (χ3n) is 4.18. The lowest BCUT2D eigenvalue weighted by Gasteiger charge is -2.11. The summed E-state index contributed by atoms with van der Waals surface area (Å²) in [6.45, 7) is 0. The summed E-state index contributed by atoms with van der Waals surface area (Å²) in [6, 6.07) is 9.09. The second-order valence-corrected chi connectivity index (χ2v) is 5.73. The summed E-state index contributed by atoms with van der Waals surface area (Å²) in [5.74, 6) is -1.66. The summed E-state index contributed by atoms with van der Waals surface area (Å²) in [6.07, 6.45) is -0.944. The minimum absolute atomic E-state index is 0.0241. The van der Waals surface area contributed by atoms with Crippen molar-refractivity contribution in [1.82, 2.24) is 4.98 Å². The molecule has 1 heterocycles. The number of aromatic nitrogens is 1. The molecule has 0 fully saturated rings. The molecule has 2 aromatic rings. The minimum atomic E-state index is -4.50. The number of benzene rings is 1. The Morgan fingerprint density at radius 2 is 1.92 bits per heavy atom. The van der Waals surface area contributed by atoms with Gasteiger partial charge in [0.25, 0.3) is 0 Å². The van der Waals surface area contributed by atoms with Crippen molar-refractivity contribution in [2.75, 3.05) is 0 Å². The molecule has 1 unspecified atom stereocenters. The number of nitrogens with zero attached hydrogens (tertiary/aromatic N) is 2. The Morgan fingerprint density at radius 1 is 1.17 bits per heavy atom. The molecule has 24 heavy (non-hydrogen) atoms. The van der Waals surface area contributed by atoms with E-state index < -0.39 is 23.4 Å². The summed E-state index contributed by atoms with van der Waals surface area (Å²) in [7, 11) is 0. The van der Waals surface area contributed by atoms with Crippen LogP contribution in [0.15, 0.2) is 36.5 Å². The van der Waals surface area contributed by atoms with Crippen molar-refractivity contribution < 1.29 is 18.0 Å². The summed E-state index contributed by atoms with van der Waals surface area (Å²) in [5.41, 5.74) is 1.80. The predicted molar refractivity (Wildman–Crippen MR) is 80.4 cm³/mol. The molecule has 0 saturated carbocycles. The Hall–Kier alpha value is -2.68. The van der Waals surface area contributed by atoms with Gasteiger partial charge in [0, 0.05) is 11.8 Å². The molecule has 1 aromatic heterocycles. The maximum atomic E-state index is 12.6. The molecule has 6 heteroatoms. The number of Topliss-reactive ketones (excluding diaryl/α,β-unsaturated/α-hetero) is 1. The van der Waals surface area contributed by atoms with E-state index in [0.29, 0.717) is 11.8 Å². The standard InChI is InChI=1S/C18H13F3N2O/c19-18(20,21)14-6-7-16(23-10-14)15(9-22)17(24)13-5-4-11-2-1-3-12(11)8-13/h4-8,10,15H,1-3H2. The third-order valence-corrected chi connectivity index (χ3v) is 4.18. The molecule has 1 atom stereocenters. The average molecular weight is 330 g/mol. The molecule has 1 aromatic carbocycles. The van der Waals surface area contributed by atoms with Gasteiger partial charge in [0.15, 0.2) is 11.7 Å². The minimum Gasteiger partial charge on any atom is -0.292 e. The maximum Gasteiger partial charge on any atom is 0.417 e. The van der Waals surface area contributed by atoms with Gasteiger partial charge in [0.2, 0.25) is 0 Å². The molecule has 1 aliphatic rings. The fourth-order valence-electron chi connectivity index (χ4n) is 2.89. The van der Waals surface area contributed by atoms with Crippen LogP contribution in [0.1, 0.15) is 45.1 Å². The van der Waals surface area contributed by atoms with Crippen LogP contribution in [0.5, 0.6) is 0 Å². The van der Waals surface area contributed by atoms with Crippen LogP contribution < -0.4 is 0 Å². The molecule has 3 nitrogen and oxygen atoms in total. The number of nitriles is 1. The number of ketones is 1. The number of rotatable bonds is 3. The molecular formula is C18H13F3N2O. The van der Waals surface area contributed by atoms with Crippen molar-refractivity contribution in [3.05, 3.63) is 64.5 Å². The lowest BCUT2D eigenvalue weighted by molar-refractivity contribution is -0.137. The van der Waals surface area contributed by atoms with Crippen LogP contribution in [0.3, 0.4) is 0 Å². The number of alkyl halides is 3. The second-order valence-electron chi connectivity index (χ2n) is 5.73. The van der Waals surface area contributed by atoms with E-state index in [1.807, 2.05) is 12.1 Å². The fourth-order valence-corrected chi connectivity index (χ4v) is 2.89. The predicted octanol–water partition coefficient (Wildman–Crippen LogP) is 4.08. The van der Waals surface area contributed by atoms with Crippen LogP contribution in [0.25, 0.3) is 0 Å². The third kappa shape index (κ3) is 3.02. The Kier molecular flexibility index (Phi) is 4.10. The van der Waals surface area contributed by atoms with Crippen LogP contribution in [0.4, 0.5) is 13.2 Å². The topological polar surface area (TPSA) is 53.8 Å². The highest BCUT2D eigenvalue weighted by atomic mass is 19.4. The van der Waals surface area contributed by atoms with Gasteiger partial charge < -0.3 is 0 Å². The van der Waals surface area contributed by atoms with Crippen molar-refractivity contribution in [2.45, 2.75) is 31.4 Å². The monoisotopic (exact) mass is 330 g/mol. The zero-order chi connectivity index (χ0) is 17.3. The van der Waals surface area contributed by atoms with Crippen LogP contribution >= 0.6 is 0 Å². The Balaban J connectivity index is 1.88. The second kappa shape index (κ2) is 6.08. The van der Waals surface area contributed by atoms with E-state index in [9.17, 15) is 23.2 Å². The van der Waals surface area contributed by atoms with Crippen LogP contribution in [-0.2, 0) is 19.0 Å². The summed E-state index contributed by atoms with van der Waals surface area (Å²) in [5, 5.41) is 9.30. The molecule has 0 N–H and O–H groups in total. The van der Waals surface area contributed by atoms with Crippen molar-refractivity contribution in [1.29, 1.82) is 5.26 Å². The van der Waals surface area contributed by atoms with Crippen LogP contribution in [0, 0.1) is 11.3 Å². The van der Waals surface area contributed by atoms with Gasteiger partial charge in [-0.15, -0.1) is 0 Å². The van der Waals surface area contributed by atoms with E-state index in [-0.39, 0.29) is 5.69 Å². The van der Waals surface area contributed by atoms with Gasteiger partial charge in [-0.2, -0.15) is 18.4 Å². The van der Waals surface area contributed by atoms with Crippen molar-refractivity contribution >= 4 is 5.78 Å². The number of carbonyl (C=O) groups is 1. The maximum absolute atomic E-state index is 12.6. The van der Waals surface area contributed by atoms with Gasteiger partial charge in [-0.25, -0.2) is 0 Å². The molecule has 0 radical (unpaired) electrons. The number of halogens is 3. The lowest BCUT2D eigenvalue weighted by atomic mass is 9.93. The van der Waals surface area contributed by atoms with Crippen molar-refractivity contribution in [2.24, 2.45) is 0 Å². The van der Waals surface area contributed by atoms with Gasteiger partial charge in [-0.1, -0.05) is 12.1 Å². The van der Waals surface area contributed by atoms with Crippen molar-refractivity contribution in [3.8, 4) is 6.07 Å². The van der Waals surface area contributed by atoms with E-state index in [4.69, 9.17) is 0 Å². The first-order valence-electron chi connectivity index (χ1n) is 7.49. The molecule has 0 amide bonds. The Labute approximate surface area is 136 Å². The first kappa shape index (κ1) is 16.2. The summed E-state index contributed by atoms with van der Waals surface area (Å²) in [4.78, 5) is 16.2. The quantitative estimate of drug-likeness (QED) is 0.797. The van der Waals surface area contributed by atoms with Gasteiger partial charge in [-0.05, 0) is 48.6 Å². The Bertz CT molecular complexity index is 820. The molecule has 122 valence electrons. The normalized spacial score (nSPS) is 14.8. The van der Waals surface area contributed by atoms with Gasteiger partial charge in [-0.3, -0.25) is 9.78 Å². The highest BCUT2D eigenvalue weighted by Gasteiger charge is 2.32. The zero-order valence-electron chi connectivity index (χ0n) is 12.6. The molecule has 0 aliphatic heterocycles. The highest BCUT2D eigenvalue weighted by molar-refractivity contribution is 6.02. The molecule has 0 bridgehead atoms. The first-order chi connectivity index (χ1) is 11.4. The van der Waals surface area contributed by atoms with Gasteiger partial charge in [0.1, 0.15) is 0 Å². The number of hydrogen-bond acceptors (Lipinski definition) is 3. The van der Waals surface area contributed by atoms with Crippen LogP contribution in [0.2, 0.25) is 0 Å². The SMILES string of the molecule is N#CC(C(=O)c1ccc2c(c1)CCC2)c1ccc(C(F)(F)F)cn1. The van der Waals surface area contributed by atoms with Crippen LogP contribution in [-0.4, -0.2) is 10.8 Å². The molecular weight excluding hydrogens is 317 g/mol. The zero-order valence-corrected chi connectivity index (χ0v) is 12.6. The molecule has 0 spiro atoms. The smallest absolute Gasteiger partial charge is 0.292 e. The number of carbonyl (C=O) groups excluding carboxylic acids is 1. The number of fused-ring (bicyclic) bond motifs is 1. The van der Waals surface area contributed by atoms with Crippen molar-refractivity contribution in [3.63, 3.8) is 0 Å². The average Bonchev–Trinajstić information content (AvgIpc) is 3.02. The number of aryl methyl sites for hydroxylation is 2. The summed E-state index contributed by atoms with van der Waals surface area (Å²) < 4.78 is 37.7. The fraction of sp³-hybridized carbons (Fsp3) is 0.278. The van der Waals surface area contributed by atoms with E-state index in [1.165, 1.54) is 5.56 Å². The summed E-state index contributed by atoms with van der Waals surface area (Å²) >= 11 is 0. The Morgan fingerprint density at radius 3 is 2.54 bits per heavy atom. The van der Waals surface area contributed by atoms with Gasteiger partial charge >= 0.3 is 6.18 Å². The van der Waals surface area contributed by atoms with E-state index in [0.717, 1.165) is 37.0 Å². The highest BCUT2D eigenvalue weighted by Crippen LogP contribution is 2.30. The van der Waals surface area contributed by atoms with E-state index in [1.54, 1.807) is 12.1 Å². The van der Waals surface area contributed by atoms with E-state index in [2.05, 4.69) is 4.98 Å². The van der Waals surface area contributed by atoms with Gasteiger partial charge in [0.05, 0.1) is 17.3 Å². The molecule has 1 aliphatic carbocycles. The first-order valence-corrected chi connectivity index (χ1v) is 7.49.